The van der Waals surface area contributed by atoms with Gasteiger partial charge in [-0.05, 0) is 6.92 Å². The number of aliphatic carboxylic acids is 4. The third kappa shape index (κ3) is 56.3. The smallest absolute Gasteiger partial charge is 1.00 e. The van der Waals surface area contributed by atoms with Crippen LogP contribution < -0.4 is 64.4 Å². The van der Waals surface area contributed by atoms with Gasteiger partial charge in [0, 0.05) is 0 Å². The number of carboxylic acids is 4. The molecular formula is C9H12N8NbO12-3. The number of hydrogen-bond acceptors (Lipinski definition) is 16. The van der Waals surface area contributed by atoms with Crippen LogP contribution >= 0.6 is 0 Å². The Morgan fingerprint density at radius 3 is 1.10 bits per heavy atom. The minimum atomic E-state index is -2.19. The van der Waals surface area contributed by atoms with Gasteiger partial charge in [0.1, 0.15) is 0 Å². The number of nitrogens with zero attached hydrogens (tertiary/aromatic N) is 4. The molecule has 0 aliphatic carbocycles. The number of carbonyl (C=O) groups is 4. The summed E-state index contributed by atoms with van der Waals surface area (Å²) in [5.41, 5.74) is 20.5. The molecule has 20 nitrogen and oxygen atoms in total. The molecule has 8 N–H and O–H groups in total. The van der Waals surface area contributed by atoms with Crippen LogP contribution in [-0.2, 0) is 41.6 Å². The molecule has 0 fully saturated rings. The van der Waals surface area contributed by atoms with Crippen molar-refractivity contribution in [2.24, 2.45) is 43.3 Å². The van der Waals surface area contributed by atoms with Crippen LogP contribution in [0.15, 0.2) is 20.4 Å². The number of nitrogens with two attached hydrogens (primary N) is 4. The fourth-order valence-corrected chi connectivity index (χ4v) is 0.342. The molecule has 0 amide bonds. The summed E-state index contributed by atoms with van der Waals surface area (Å²) in [6.45, 7) is 1.64. The molecule has 0 saturated heterocycles. The third-order valence-corrected chi connectivity index (χ3v) is 1.07. The monoisotopic (exact) mass is 517 g/mol. The van der Waals surface area contributed by atoms with Crippen LogP contribution in [0.3, 0.4) is 0 Å². The van der Waals surface area contributed by atoms with Crippen LogP contribution in [0.2, 0.25) is 0 Å². The molecule has 0 aliphatic heterocycles. The SMILES string of the molecule is CC(/C=N/N=C(N)N)=N\N=C(N)N.O=C([O-])C(=O)[O-].O=C([O-])C(=O)[O-].[Nb+5].[O-][O-].[O-][O-]. The van der Waals surface area contributed by atoms with E-state index >= 15 is 0 Å². The van der Waals surface area contributed by atoms with Gasteiger partial charge in [0.25, 0.3) is 0 Å². The average Bonchev–Trinajstić information content (AvgIpc) is 2.64. The zero-order valence-corrected chi connectivity index (χ0v) is 16.7. The van der Waals surface area contributed by atoms with Crippen molar-refractivity contribution in [3.63, 3.8) is 0 Å². The number of carboxylic acid groups (broad SMARTS) is 4. The van der Waals surface area contributed by atoms with Crippen LogP contribution in [0.5, 0.6) is 0 Å². The van der Waals surface area contributed by atoms with Crippen molar-refractivity contribution in [2.75, 3.05) is 0 Å². The molecule has 0 aromatic carbocycles. The Bertz CT molecular complexity index is 565. The van der Waals surface area contributed by atoms with E-state index < -0.39 is 23.9 Å². The number of hydrogen-bond donors (Lipinski definition) is 4. The molecule has 0 spiro atoms. The summed E-state index contributed by atoms with van der Waals surface area (Å²) in [4.78, 5) is 35.7. The Kier molecular flexibility index (Phi) is 41.0. The molecule has 0 unspecified atom stereocenters. The first kappa shape index (κ1) is 40.9. The molecule has 0 aromatic heterocycles. The Morgan fingerprint density at radius 1 is 0.633 bits per heavy atom. The molecule has 0 bridgehead atoms. The van der Waals surface area contributed by atoms with Crippen LogP contribution in [0.4, 0.5) is 0 Å². The average molecular weight is 517 g/mol. The van der Waals surface area contributed by atoms with Crippen molar-refractivity contribution in [2.45, 2.75) is 6.92 Å². The number of carbonyl (C=O) groups excluding carboxylic acids is 4. The molecule has 0 radical (unpaired) electrons. The normalized spacial score (nSPS) is 8.23. The van der Waals surface area contributed by atoms with E-state index in [0.29, 0.717) is 5.71 Å². The van der Waals surface area contributed by atoms with Crippen LogP contribution in [0.1, 0.15) is 6.92 Å². The van der Waals surface area contributed by atoms with E-state index in [1.807, 2.05) is 0 Å². The summed E-state index contributed by atoms with van der Waals surface area (Å²) in [7, 11) is 0. The van der Waals surface area contributed by atoms with Gasteiger partial charge in [-0.25, -0.2) is 0 Å². The summed E-state index contributed by atoms with van der Waals surface area (Å²) in [6.07, 6.45) is 1.31. The molecule has 30 heavy (non-hydrogen) atoms. The second-order valence-electron chi connectivity index (χ2n) is 3.19. The predicted octanol–water partition coefficient (Wildman–Crippen LogP) is -13.9. The second-order valence-corrected chi connectivity index (χ2v) is 3.19. The first-order chi connectivity index (χ1) is 13.3. The predicted molar refractivity (Wildman–Crippen MR) is 73.2 cm³/mol. The minimum absolute atomic E-state index is 0. The molecule has 0 aliphatic rings. The topological polar surface area (TPSA) is 406 Å². The molecule has 21 heteroatoms. The maximum Gasteiger partial charge on any atom is 5.00 e. The Balaban J connectivity index is -0.0000000716. The third-order valence-electron chi connectivity index (χ3n) is 1.07. The summed E-state index contributed by atoms with van der Waals surface area (Å²) in [5.74, 6) is -9.00. The molecular weight excluding hydrogens is 505 g/mol. The molecule has 0 rings (SSSR count). The summed E-state index contributed by atoms with van der Waals surface area (Å²) >= 11 is 0. The van der Waals surface area contributed by atoms with Crippen molar-refractivity contribution >= 4 is 47.7 Å². The van der Waals surface area contributed by atoms with E-state index in [2.05, 4.69) is 20.4 Å². The number of rotatable bonds is 3. The second kappa shape index (κ2) is 30.1. The zero-order valence-electron chi connectivity index (χ0n) is 14.5. The Hall–Kier alpha value is -3.66. The fourth-order valence-electron chi connectivity index (χ4n) is 0.342. The van der Waals surface area contributed by atoms with Gasteiger partial charge in [-0.3, -0.25) is 0 Å². The van der Waals surface area contributed by atoms with Gasteiger partial charge < -0.3 is 83.6 Å². The zero-order chi connectivity index (χ0) is 24.6. The molecule has 0 aromatic rings. The van der Waals surface area contributed by atoms with Crippen molar-refractivity contribution in [1.82, 2.24) is 0 Å². The van der Waals surface area contributed by atoms with Gasteiger partial charge in [-0.15, -0.1) is 10.2 Å². The van der Waals surface area contributed by atoms with Crippen molar-refractivity contribution in [1.29, 1.82) is 0 Å². The van der Waals surface area contributed by atoms with E-state index in [1.54, 1.807) is 6.92 Å². The largest absolute Gasteiger partial charge is 5.00 e. The van der Waals surface area contributed by atoms with Crippen LogP contribution in [0.25, 0.3) is 0 Å². The van der Waals surface area contributed by atoms with Gasteiger partial charge in [-0.2, -0.15) is 10.2 Å². The Labute approximate surface area is 181 Å². The first-order valence-electron chi connectivity index (χ1n) is 5.74. The van der Waals surface area contributed by atoms with Gasteiger partial charge in [0.2, 0.25) is 11.9 Å². The van der Waals surface area contributed by atoms with E-state index in [1.165, 1.54) is 6.21 Å². The standard InChI is InChI=1S/C5H12N8.2C2H2O4.Nb.2O2/c1-3(11-13-5(8)9)2-10-12-4(6)7;2*3-1(4)2(5)6;;2*1-2/h2H,1H3,(H4,6,7,12)(H4,8,9,13);2*(H,3,4)(H,5,6);;;/q;;;+5;2*-2/p-4/b10-2+,11-3+;;;;;. The summed E-state index contributed by atoms with van der Waals surface area (Å²) < 4.78 is 0. The summed E-state index contributed by atoms with van der Waals surface area (Å²) in [5, 5.41) is 77.5. The summed E-state index contributed by atoms with van der Waals surface area (Å²) in [6, 6.07) is 0. The Morgan fingerprint density at radius 2 is 0.900 bits per heavy atom. The van der Waals surface area contributed by atoms with E-state index in [0.717, 1.165) is 0 Å². The van der Waals surface area contributed by atoms with E-state index in [9.17, 15) is 0 Å². The van der Waals surface area contributed by atoms with Crippen LogP contribution in [0, 0.1) is 0 Å². The number of guanidine groups is 2. The maximum absolute atomic E-state index is 8.93. The fraction of sp³-hybridized carbons (Fsp3) is 0.111. The molecule has 168 valence electrons. The van der Waals surface area contributed by atoms with Crippen molar-refractivity contribution in [3.05, 3.63) is 0 Å². The van der Waals surface area contributed by atoms with E-state index in [4.69, 9.17) is 83.6 Å². The van der Waals surface area contributed by atoms with Gasteiger partial charge >= 0.3 is 22.4 Å². The molecule has 0 saturated carbocycles. The minimum Gasteiger partial charge on any atom is -1.00 e. The van der Waals surface area contributed by atoms with Gasteiger partial charge in [-0.1, -0.05) is 0 Å². The quantitative estimate of drug-likeness (QED) is 0.0673. The molecule has 0 heterocycles. The van der Waals surface area contributed by atoms with Gasteiger partial charge in [0.05, 0.1) is 35.8 Å². The van der Waals surface area contributed by atoms with Crippen molar-refractivity contribution in [3.8, 4) is 0 Å². The van der Waals surface area contributed by atoms with Crippen molar-refractivity contribution < 1.29 is 83.0 Å². The molecule has 0 atom stereocenters. The van der Waals surface area contributed by atoms with Gasteiger partial charge in [0.15, 0.2) is 0 Å². The van der Waals surface area contributed by atoms with Crippen LogP contribution in [-0.4, -0.2) is 47.7 Å². The maximum atomic E-state index is 8.93. The van der Waals surface area contributed by atoms with E-state index in [-0.39, 0.29) is 34.3 Å². The first-order valence-corrected chi connectivity index (χ1v) is 5.74.